The molecular formula is C16H27NO. The predicted octanol–water partition coefficient (Wildman–Crippen LogP) is 4.16. The van der Waals surface area contributed by atoms with E-state index in [1.165, 1.54) is 29.8 Å². The van der Waals surface area contributed by atoms with Gasteiger partial charge >= 0.3 is 0 Å². The minimum atomic E-state index is -0.234. The van der Waals surface area contributed by atoms with E-state index >= 15 is 0 Å². The molecule has 2 atom stereocenters. The maximum Gasteiger partial charge on any atom is 0.0807 e. The van der Waals surface area contributed by atoms with Crippen LogP contribution in [-0.4, -0.2) is 9.67 Å². The van der Waals surface area contributed by atoms with E-state index in [9.17, 15) is 5.11 Å². The van der Waals surface area contributed by atoms with Crippen LogP contribution in [0.25, 0.3) is 0 Å². The number of aliphatic hydroxyl groups is 1. The number of rotatable bonds is 4. The molecule has 0 amide bonds. The standard InChI is InChI=1S/C16H27NO/c1-5-13(6-2)12(4)17-11(3)10-14-15(17)8-7-9-16(14)18/h10,12-13,16,18H,5-9H2,1-4H3. The Bertz CT molecular complexity index is 403. The summed E-state index contributed by atoms with van der Waals surface area (Å²) in [5.74, 6) is 0.735. The molecule has 1 aliphatic rings. The second-order valence-electron chi connectivity index (χ2n) is 5.78. The van der Waals surface area contributed by atoms with Gasteiger partial charge in [0.2, 0.25) is 0 Å². The van der Waals surface area contributed by atoms with E-state index in [0.717, 1.165) is 25.2 Å². The molecule has 1 N–H and O–H groups in total. The Labute approximate surface area is 111 Å². The van der Waals surface area contributed by atoms with Gasteiger partial charge in [-0.1, -0.05) is 26.7 Å². The fourth-order valence-corrected chi connectivity index (χ4v) is 3.65. The summed E-state index contributed by atoms with van der Waals surface area (Å²) >= 11 is 0. The quantitative estimate of drug-likeness (QED) is 0.851. The van der Waals surface area contributed by atoms with Crippen molar-refractivity contribution < 1.29 is 5.11 Å². The first-order valence-corrected chi connectivity index (χ1v) is 7.48. The van der Waals surface area contributed by atoms with Crippen LogP contribution in [0.2, 0.25) is 0 Å². The third-order valence-electron chi connectivity index (χ3n) is 4.76. The van der Waals surface area contributed by atoms with Crippen LogP contribution in [0.5, 0.6) is 0 Å². The fourth-order valence-electron chi connectivity index (χ4n) is 3.65. The van der Waals surface area contributed by atoms with Crippen molar-refractivity contribution >= 4 is 0 Å². The molecule has 0 saturated carbocycles. The minimum absolute atomic E-state index is 0.234. The molecule has 2 rings (SSSR count). The van der Waals surface area contributed by atoms with E-state index in [1.807, 2.05) is 0 Å². The highest BCUT2D eigenvalue weighted by Gasteiger charge is 2.26. The van der Waals surface area contributed by atoms with Gasteiger partial charge in [-0.2, -0.15) is 0 Å². The number of hydrogen-bond donors (Lipinski definition) is 1. The second-order valence-corrected chi connectivity index (χ2v) is 5.78. The first kappa shape index (κ1) is 13.7. The van der Waals surface area contributed by atoms with Crippen molar-refractivity contribution in [2.45, 2.75) is 71.9 Å². The molecule has 0 fully saturated rings. The Kier molecular flexibility index (Phi) is 4.16. The molecule has 2 nitrogen and oxygen atoms in total. The third-order valence-corrected chi connectivity index (χ3v) is 4.76. The highest BCUT2D eigenvalue weighted by Crippen LogP contribution is 2.36. The summed E-state index contributed by atoms with van der Waals surface area (Å²) in [4.78, 5) is 0. The molecule has 0 saturated heterocycles. The predicted molar refractivity (Wildman–Crippen MR) is 75.8 cm³/mol. The van der Waals surface area contributed by atoms with Crippen molar-refractivity contribution in [3.05, 3.63) is 23.0 Å². The summed E-state index contributed by atoms with van der Waals surface area (Å²) in [6, 6.07) is 2.76. The maximum atomic E-state index is 10.1. The Balaban J connectivity index is 2.38. The number of aliphatic hydroxyl groups excluding tert-OH is 1. The van der Waals surface area contributed by atoms with E-state index < -0.39 is 0 Å². The van der Waals surface area contributed by atoms with Gasteiger partial charge in [-0.05, 0) is 45.1 Å². The molecule has 1 aliphatic carbocycles. The number of aromatic nitrogens is 1. The summed E-state index contributed by atoms with van der Waals surface area (Å²) in [5.41, 5.74) is 3.91. The van der Waals surface area contributed by atoms with Crippen LogP contribution in [0, 0.1) is 12.8 Å². The van der Waals surface area contributed by atoms with Crippen LogP contribution < -0.4 is 0 Å². The van der Waals surface area contributed by atoms with Crippen molar-refractivity contribution in [1.82, 2.24) is 4.57 Å². The summed E-state index contributed by atoms with van der Waals surface area (Å²) in [6.07, 6.45) is 5.40. The van der Waals surface area contributed by atoms with Gasteiger partial charge in [0.25, 0.3) is 0 Å². The van der Waals surface area contributed by atoms with Crippen LogP contribution in [0.1, 0.15) is 75.6 Å². The molecule has 2 unspecified atom stereocenters. The van der Waals surface area contributed by atoms with Gasteiger partial charge in [0, 0.05) is 23.0 Å². The Morgan fingerprint density at radius 3 is 2.67 bits per heavy atom. The molecule has 1 aromatic heterocycles. The largest absolute Gasteiger partial charge is 0.388 e. The van der Waals surface area contributed by atoms with Crippen molar-refractivity contribution in [3.8, 4) is 0 Å². The Morgan fingerprint density at radius 2 is 2.06 bits per heavy atom. The molecule has 0 spiro atoms. The molecule has 0 bridgehead atoms. The lowest BCUT2D eigenvalue weighted by atomic mass is 9.92. The van der Waals surface area contributed by atoms with Gasteiger partial charge in [-0.3, -0.25) is 0 Å². The SMILES string of the molecule is CCC(CC)C(C)n1c(C)cc2c1CCCC2O. The lowest BCUT2D eigenvalue weighted by molar-refractivity contribution is 0.154. The molecule has 0 aliphatic heterocycles. The molecular weight excluding hydrogens is 222 g/mol. The Morgan fingerprint density at radius 1 is 1.39 bits per heavy atom. The van der Waals surface area contributed by atoms with Crippen LogP contribution in [0.3, 0.4) is 0 Å². The molecule has 1 heterocycles. The number of nitrogens with zero attached hydrogens (tertiary/aromatic N) is 1. The van der Waals surface area contributed by atoms with Gasteiger partial charge < -0.3 is 9.67 Å². The van der Waals surface area contributed by atoms with Gasteiger partial charge in [-0.15, -0.1) is 0 Å². The number of aryl methyl sites for hydroxylation is 1. The van der Waals surface area contributed by atoms with E-state index in [0.29, 0.717) is 6.04 Å². The fraction of sp³-hybridized carbons (Fsp3) is 0.750. The van der Waals surface area contributed by atoms with E-state index in [2.05, 4.69) is 38.3 Å². The normalized spacial score (nSPS) is 21.1. The zero-order valence-electron chi connectivity index (χ0n) is 12.2. The van der Waals surface area contributed by atoms with Gasteiger partial charge in [0.1, 0.15) is 0 Å². The van der Waals surface area contributed by atoms with Crippen molar-refractivity contribution in [3.63, 3.8) is 0 Å². The number of hydrogen-bond acceptors (Lipinski definition) is 1. The highest BCUT2D eigenvalue weighted by molar-refractivity contribution is 5.32. The number of fused-ring (bicyclic) bond motifs is 1. The zero-order chi connectivity index (χ0) is 13.3. The Hall–Kier alpha value is -0.760. The average Bonchev–Trinajstić information content (AvgIpc) is 2.68. The van der Waals surface area contributed by atoms with Gasteiger partial charge in [-0.25, -0.2) is 0 Å². The molecule has 0 radical (unpaired) electrons. The smallest absolute Gasteiger partial charge is 0.0807 e. The van der Waals surface area contributed by atoms with Gasteiger partial charge in [0.15, 0.2) is 0 Å². The molecule has 0 aromatic carbocycles. The zero-order valence-corrected chi connectivity index (χ0v) is 12.2. The van der Waals surface area contributed by atoms with Crippen LogP contribution in [0.15, 0.2) is 6.07 Å². The first-order valence-electron chi connectivity index (χ1n) is 7.48. The minimum Gasteiger partial charge on any atom is -0.388 e. The second kappa shape index (κ2) is 5.48. The van der Waals surface area contributed by atoms with Crippen molar-refractivity contribution in [1.29, 1.82) is 0 Å². The lowest BCUT2D eigenvalue weighted by Crippen LogP contribution is -2.20. The summed E-state index contributed by atoms with van der Waals surface area (Å²) < 4.78 is 2.50. The average molecular weight is 249 g/mol. The summed E-state index contributed by atoms with van der Waals surface area (Å²) in [6.45, 7) is 9.09. The summed E-state index contributed by atoms with van der Waals surface area (Å²) in [7, 11) is 0. The first-order chi connectivity index (χ1) is 8.60. The van der Waals surface area contributed by atoms with E-state index in [4.69, 9.17) is 0 Å². The van der Waals surface area contributed by atoms with Crippen molar-refractivity contribution in [2.75, 3.05) is 0 Å². The highest BCUT2D eigenvalue weighted by atomic mass is 16.3. The van der Waals surface area contributed by atoms with Gasteiger partial charge in [0.05, 0.1) is 6.10 Å². The topological polar surface area (TPSA) is 25.2 Å². The lowest BCUT2D eigenvalue weighted by Gasteiger charge is -2.29. The third kappa shape index (κ3) is 2.23. The van der Waals surface area contributed by atoms with E-state index in [1.54, 1.807) is 0 Å². The van der Waals surface area contributed by atoms with Crippen LogP contribution in [0.4, 0.5) is 0 Å². The summed E-state index contributed by atoms with van der Waals surface area (Å²) in [5, 5.41) is 10.1. The molecule has 1 aromatic rings. The molecule has 2 heteroatoms. The van der Waals surface area contributed by atoms with Crippen LogP contribution >= 0.6 is 0 Å². The monoisotopic (exact) mass is 249 g/mol. The van der Waals surface area contributed by atoms with E-state index in [-0.39, 0.29) is 6.10 Å². The maximum absolute atomic E-state index is 10.1. The van der Waals surface area contributed by atoms with Crippen molar-refractivity contribution in [2.24, 2.45) is 5.92 Å². The molecule has 18 heavy (non-hydrogen) atoms. The molecule has 102 valence electrons. The van der Waals surface area contributed by atoms with Crippen LogP contribution in [-0.2, 0) is 6.42 Å².